The van der Waals surface area contributed by atoms with Crippen LogP contribution >= 0.6 is 11.9 Å². The van der Waals surface area contributed by atoms with E-state index in [-0.39, 0.29) is 15.9 Å². The summed E-state index contributed by atoms with van der Waals surface area (Å²) in [5.74, 6) is -0.359. The van der Waals surface area contributed by atoms with Crippen LogP contribution in [0.2, 0.25) is 0 Å². The molecule has 142 valence electrons. The number of nitrogens with one attached hydrogen (secondary N) is 1. The Morgan fingerprint density at radius 2 is 1.92 bits per heavy atom. The molecule has 0 bridgehead atoms. The van der Waals surface area contributed by atoms with Crippen LogP contribution in [-0.4, -0.2) is 30.3 Å². The quantitative estimate of drug-likeness (QED) is 0.417. The fourth-order valence-electron chi connectivity index (χ4n) is 1.63. The molecule has 12 heteroatoms. The van der Waals surface area contributed by atoms with E-state index in [4.69, 9.17) is 17.1 Å². The number of halogens is 4. The van der Waals surface area contributed by atoms with E-state index in [0.717, 1.165) is 12.3 Å². The van der Waals surface area contributed by atoms with Crippen LogP contribution in [0.5, 0.6) is 0 Å². The number of alkyl halides is 3. The van der Waals surface area contributed by atoms with Crippen molar-refractivity contribution < 1.29 is 34.1 Å². The van der Waals surface area contributed by atoms with Gasteiger partial charge in [-0.05, 0) is 12.1 Å². The summed E-state index contributed by atoms with van der Waals surface area (Å²) in [5.41, 5.74) is -0.498. The number of rotatable bonds is 4. The molecule has 0 saturated heterocycles. The summed E-state index contributed by atoms with van der Waals surface area (Å²) in [6.45, 7) is 1.29. The van der Waals surface area contributed by atoms with Crippen molar-refractivity contribution in [2.45, 2.75) is 13.1 Å². The van der Waals surface area contributed by atoms with Gasteiger partial charge in [0.05, 0.1) is 5.56 Å². The molecule has 7 nitrogen and oxygen atoms in total. The van der Waals surface area contributed by atoms with E-state index in [1.807, 2.05) is 0 Å². The number of anilines is 1. The molecule has 0 spiro atoms. The second-order valence-corrected chi connectivity index (χ2v) is 9.03. The van der Waals surface area contributed by atoms with Crippen LogP contribution in [0.15, 0.2) is 48.8 Å². The van der Waals surface area contributed by atoms with E-state index in [1.54, 1.807) is 12.1 Å². The van der Waals surface area contributed by atoms with Crippen molar-refractivity contribution >= 4 is 42.0 Å². The van der Waals surface area contributed by atoms with Gasteiger partial charge in [-0.15, -0.1) is 0 Å². The van der Waals surface area contributed by atoms with E-state index in [0.29, 0.717) is 0 Å². The van der Waals surface area contributed by atoms with Crippen LogP contribution in [-0.2, 0) is 21.9 Å². The van der Waals surface area contributed by atoms with Gasteiger partial charge in [0, 0.05) is 12.4 Å². The summed E-state index contributed by atoms with van der Waals surface area (Å²) in [4.78, 5) is 14.2. The number of nitrogens with zero attached hydrogens (tertiary/aromatic N) is 1. The van der Waals surface area contributed by atoms with Gasteiger partial charge in [0.1, 0.15) is 0 Å². The minimum Gasteiger partial charge on any atom is -0.264 e. The molecule has 0 aliphatic carbocycles. The van der Waals surface area contributed by atoms with Crippen LogP contribution in [0.4, 0.5) is 18.9 Å². The van der Waals surface area contributed by atoms with Crippen molar-refractivity contribution in [3.05, 3.63) is 54.4 Å². The molecule has 1 amide bonds. The molecule has 0 radical (unpaired) electrons. The Morgan fingerprint density at radius 3 is 2.35 bits per heavy atom. The third-order valence-corrected chi connectivity index (χ3v) is 6.53. The van der Waals surface area contributed by atoms with E-state index >= 15 is 0 Å². The summed E-state index contributed by atoms with van der Waals surface area (Å²) >= 11 is 0.324. The average molecular weight is 457 g/mol. The molecule has 2 rings (SSSR count). The van der Waals surface area contributed by atoms with Crippen LogP contribution in [0, 0.1) is 0 Å². The Kier molecular flexibility index (Phi) is 8.32. The van der Waals surface area contributed by atoms with Gasteiger partial charge in [0.2, 0.25) is 0 Å². The molecule has 1 aromatic carbocycles. The average Bonchev–Trinajstić information content (AvgIpc) is 2.61. The summed E-state index contributed by atoms with van der Waals surface area (Å²) in [5, 5.41) is 11.0. The Bertz CT molecular complexity index is 769. The Hall–Kier alpha value is -1.84. The predicted octanol–water partition coefficient (Wildman–Crippen LogP) is 2.98. The molecular formula is C14H13AsClF3N2O5. The van der Waals surface area contributed by atoms with Gasteiger partial charge < -0.3 is 0 Å². The maximum Gasteiger partial charge on any atom is 0.417 e. The van der Waals surface area contributed by atoms with E-state index in [1.165, 1.54) is 31.3 Å². The molecule has 0 aliphatic heterocycles. The Balaban J connectivity index is 0.000000289. The van der Waals surface area contributed by atoms with Gasteiger partial charge >= 0.3 is 106 Å². The largest absolute Gasteiger partial charge is 0.417 e. The molecule has 1 aromatic heterocycles. The summed E-state index contributed by atoms with van der Waals surface area (Å²) in [6.07, 6.45) is -2.18. The van der Waals surface area contributed by atoms with Crippen molar-refractivity contribution in [2.75, 3.05) is 5.32 Å². The number of carbonyl (C=O) groups excluding carboxylic acids is 1. The summed E-state index contributed by atoms with van der Waals surface area (Å²) in [6, 6.07) is 8.25. The van der Waals surface area contributed by atoms with E-state index < -0.39 is 25.9 Å². The van der Waals surface area contributed by atoms with Gasteiger partial charge in [0.25, 0.3) is 0 Å². The standard InChI is InChI=1S/C8H9AsClNO5.C6H4F3N/c1-6(12)11-8-5-3-2-4-7(8)9(13,15-10)16-14;7-6(8,9)5-2-1-3-10-4-5/h2-5,14H,1H3,(H,11,12);1-4H. The van der Waals surface area contributed by atoms with Gasteiger partial charge in [-0.2, -0.15) is 13.2 Å². The van der Waals surface area contributed by atoms with Crippen molar-refractivity contribution in [3.8, 4) is 0 Å². The zero-order valence-electron chi connectivity index (χ0n) is 13.1. The van der Waals surface area contributed by atoms with Crippen LogP contribution in [0.3, 0.4) is 0 Å². The number of benzene rings is 1. The van der Waals surface area contributed by atoms with Gasteiger partial charge in [-0.25, -0.2) is 0 Å². The predicted molar refractivity (Wildman–Crippen MR) is 86.7 cm³/mol. The Morgan fingerprint density at radius 1 is 1.27 bits per heavy atom. The molecule has 1 unspecified atom stereocenters. The number of carbonyl (C=O) groups is 1. The number of para-hydroxylation sites is 1. The zero-order valence-corrected chi connectivity index (χ0v) is 15.7. The maximum absolute atomic E-state index is 11.8. The van der Waals surface area contributed by atoms with Gasteiger partial charge in [-0.3, -0.25) is 4.98 Å². The number of aromatic nitrogens is 1. The zero-order chi connectivity index (χ0) is 19.8. The third kappa shape index (κ3) is 6.47. The molecule has 2 aromatic rings. The van der Waals surface area contributed by atoms with Crippen LogP contribution in [0.1, 0.15) is 12.5 Å². The molecule has 0 saturated carbocycles. The number of hydrogen-bond donors (Lipinski definition) is 2. The van der Waals surface area contributed by atoms with Crippen molar-refractivity contribution in [1.29, 1.82) is 0 Å². The first-order valence-electron chi connectivity index (χ1n) is 6.72. The third-order valence-electron chi connectivity index (χ3n) is 2.70. The first kappa shape index (κ1) is 22.2. The van der Waals surface area contributed by atoms with E-state index in [9.17, 15) is 21.7 Å². The number of amides is 1. The second-order valence-electron chi connectivity index (χ2n) is 4.59. The normalized spacial score (nSPS) is 13.2. The molecule has 26 heavy (non-hydrogen) atoms. The van der Waals surface area contributed by atoms with E-state index in [2.05, 4.69) is 17.5 Å². The van der Waals surface area contributed by atoms with Gasteiger partial charge in [-0.1, -0.05) is 0 Å². The number of pyridine rings is 1. The first-order valence-corrected chi connectivity index (χ1v) is 10.3. The molecular weight excluding hydrogens is 444 g/mol. The molecule has 0 fully saturated rings. The second kappa shape index (κ2) is 9.75. The fourth-order valence-corrected chi connectivity index (χ4v) is 4.00. The topological polar surface area (TPSA) is 97.8 Å². The molecule has 1 atom stereocenters. The maximum atomic E-state index is 11.8. The minimum absolute atomic E-state index is 0.0216. The van der Waals surface area contributed by atoms with Crippen molar-refractivity contribution in [1.82, 2.24) is 4.98 Å². The first-order chi connectivity index (χ1) is 12.1. The summed E-state index contributed by atoms with van der Waals surface area (Å²) < 4.78 is 55.1. The van der Waals surface area contributed by atoms with Crippen LogP contribution in [0.25, 0.3) is 0 Å². The fraction of sp³-hybridized carbons (Fsp3) is 0.143. The van der Waals surface area contributed by atoms with Crippen molar-refractivity contribution in [2.24, 2.45) is 0 Å². The van der Waals surface area contributed by atoms with Crippen molar-refractivity contribution in [3.63, 3.8) is 0 Å². The molecule has 2 N–H and O–H groups in total. The SMILES string of the molecule is CC(=O)Nc1ccccc1[As](=O)(OO)OCl.FC(F)(F)c1cccnc1. The monoisotopic (exact) mass is 456 g/mol. The van der Waals surface area contributed by atoms with Crippen LogP contribution < -0.4 is 9.67 Å². The summed E-state index contributed by atoms with van der Waals surface area (Å²) in [7, 11) is 0. The minimum atomic E-state index is -4.69. The van der Waals surface area contributed by atoms with Gasteiger partial charge in [0.15, 0.2) is 0 Å². The Labute approximate surface area is 154 Å². The smallest absolute Gasteiger partial charge is 0.264 e. The molecule has 1 heterocycles. The number of hydrogen-bond acceptors (Lipinski definition) is 6. The molecule has 0 aliphatic rings.